The number of thiophene rings is 1. The van der Waals surface area contributed by atoms with Crippen molar-refractivity contribution < 1.29 is 14.3 Å². The maximum atomic E-state index is 13.6. The highest BCUT2D eigenvalue weighted by molar-refractivity contribution is 9.10. The molecule has 0 radical (unpaired) electrons. The number of hydrogen-bond acceptors (Lipinski definition) is 6. The number of para-hydroxylation sites is 2. The van der Waals surface area contributed by atoms with Crippen LogP contribution in [0.4, 0.5) is 11.4 Å². The summed E-state index contributed by atoms with van der Waals surface area (Å²) < 4.78 is 12.0. The van der Waals surface area contributed by atoms with E-state index in [0.717, 1.165) is 39.1 Å². The first-order valence-corrected chi connectivity index (χ1v) is 11.9. The van der Waals surface area contributed by atoms with E-state index in [2.05, 4.69) is 44.1 Å². The van der Waals surface area contributed by atoms with Gasteiger partial charge in [-0.3, -0.25) is 4.79 Å². The van der Waals surface area contributed by atoms with Gasteiger partial charge in [0.05, 0.1) is 17.4 Å². The number of Topliss-reactive ketones (excluding diaryl/α,β-unsaturated/α-hetero) is 1. The number of nitrogens with one attached hydrogen (secondary N) is 2. The largest absolute Gasteiger partial charge is 0.454 e. The molecule has 3 heterocycles. The van der Waals surface area contributed by atoms with Crippen molar-refractivity contribution in [2.24, 2.45) is 0 Å². The predicted octanol–water partition coefficient (Wildman–Crippen LogP) is 6.22. The Labute approximate surface area is 192 Å². The Bertz CT molecular complexity index is 1220. The lowest BCUT2D eigenvalue weighted by Gasteiger charge is -2.29. The van der Waals surface area contributed by atoms with Crippen molar-refractivity contribution in [3.63, 3.8) is 0 Å². The van der Waals surface area contributed by atoms with Crippen LogP contribution in [0.5, 0.6) is 11.5 Å². The first kappa shape index (κ1) is 19.0. The third-order valence-corrected chi connectivity index (χ3v) is 7.78. The highest BCUT2D eigenvalue weighted by Crippen LogP contribution is 2.48. The van der Waals surface area contributed by atoms with E-state index in [0.29, 0.717) is 17.9 Å². The fourth-order valence-electron chi connectivity index (χ4n) is 4.60. The summed E-state index contributed by atoms with van der Waals surface area (Å²) in [7, 11) is 0. The number of benzene rings is 2. The SMILES string of the molecule is O=C1C[C@@H](c2cccs2)CC2=C1[C@@H](c1cc3c(cc1Br)OCO3)Nc1ccccc1N2. The molecule has 0 unspecified atom stereocenters. The molecule has 0 saturated carbocycles. The third-order valence-electron chi connectivity index (χ3n) is 6.06. The summed E-state index contributed by atoms with van der Waals surface area (Å²) in [5.41, 5.74) is 4.68. The zero-order valence-corrected chi connectivity index (χ0v) is 18.9. The number of allylic oxidation sites excluding steroid dienone is 1. The minimum Gasteiger partial charge on any atom is -0.454 e. The number of rotatable bonds is 2. The molecule has 0 saturated heterocycles. The number of carbonyl (C=O) groups excluding carboxylic acids is 1. The zero-order chi connectivity index (χ0) is 20.9. The lowest BCUT2D eigenvalue weighted by Crippen LogP contribution is -2.26. The van der Waals surface area contributed by atoms with Crippen LogP contribution >= 0.6 is 27.3 Å². The smallest absolute Gasteiger partial charge is 0.231 e. The Morgan fingerprint density at radius 2 is 1.81 bits per heavy atom. The second-order valence-electron chi connectivity index (χ2n) is 7.91. The second-order valence-corrected chi connectivity index (χ2v) is 9.74. The molecular formula is C24H19BrN2O3S. The second kappa shape index (κ2) is 7.43. The minimum atomic E-state index is -0.299. The molecule has 3 aliphatic rings. The standard InChI is InChI=1S/C24H19BrN2O3S/c25-15-11-21-20(29-12-30-21)10-14(15)24-23-18(26-16-4-1-2-5-17(16)27-24)8-13(9-19(23)28)22-6-3-7-31-22/h1-7,10-11,13,24,26-27H,8-9,12H2/t13-,24+/m0/s1. The highest BCUT2D eigenvalue weighted by atomic mass is 79.9. The van der Waals surface area contributed by atoms with Crippen LogP contribution in [0, 0.1) is 0 Å². The van der Waals surface area contributed by atoms with E-state index in [1.807, 2.05) is 36.4 Å². The molecule has 0 fully saturated rings. The van der Waals surface area contributed by atoms with Crippen molar-refractivity contribution >= 4 is 44.4 Å². The van der Waals surface area contributed by atoms with Gasteiger partial charge in [-0.25, -0.2) is 0 Å². The van der Waals surface area contributed by atoms with Gasteiger partial charge in [0.15, 0.2) is 17.3 Å². The van der Waals surface area contributed by atoms with Crippen molar-refractivity contribution in [2.75, 3.05) is 17.4 Å². The van der Waals surface area contributed by atoms with E-state index in [-0.39, 0.29) is 24.5 Å². The summed E-state index contributed by atoms with van der Waals surface area (Å²) in [5, 5.41) is 9.28. The van der Waals surface area contributed by atoms with Crippen molar-refractivity contribution in [3.8, 4) is 11.5 Å². The Balaban J connectivity index is 1.50. The number of fused-ring (bicyclic) bond motifs is 2. The number of ketones is 1. The third kappa shape index (κ3) is 3.23. The lowest BCUT2D eigenvalue weighted by molar-refractivity contribution is -0.116. The number of carbonyl (C=O) groups is 1. The quantitative estimate of drug-likeness (QED) is 0.442. The summed E-state index contributed by atoms with van der Waals surface area (Å²) >= 11 is 5.42. The molecule has 0 bridgehead atoms. The molecule has 6 rings (SSSR count). The maximum absolute atomic E-state index is 13.6. The van der Waals surface area contributed by atoms with Gasteiger partial charge >= 0.3 is 0 Å². The zero-order valence-electron chi connectivity index (χ0n) is 16.5. The van der Waals surface area contributed by atoms with Crippen LogP contribution in [0.2, 0.25) is 0 Å². The van der Waals surface area contributed by atoms with Gasteiger partial charge in [-0.05, 0) is 47.7 Å². The first-order chi connectivity index (χ1) is 15.2. The predicted molar refractivity (Wildman–Crippen MR) is 125 cm³/mol. The molecule has 7 heteroatoms. The average molecular weight is 495 g/mol. The van der Waals surface area contributed by atoms with Gasteiger partial charge in [-0.15, -0.1) is 11.3 Å². The molecule has 1 aromatic heterocycles. The molecule has 156 valence electrons. The number of halogens is 1. The average Bonchev–Trinajstić information content (AvgIpc) is 3.42. The Kier molecular flexibility index (Phi) is 4.54. The van der Waals surface area contributed by atoms with Gasteiger partial charge in [-0.1, -0.05) is 34.1 Å². The molecule has 2 N–H and O–H groups in total. The van der Waals surface area contributed by atoms with Crippen LogP contribution < -0.4 is 20.1 Å². The van der Waals surface area contributed by atoms with Gasteiger partial charge in [0.1, 0.15) is 0 Å². The maximum Gasteiger partial charge on any atom is 0.231 e. The summed E-state index contributed by atoms with van der Waals surface area (Å²) in [6.07, 6.45) is 1.31. The molecule has 2 aromatic carbocycles. The number of ether oxygens (including phenoxy) is 2. The molecule has 3 aromatic rings. The normalized spacial score (nSPS) is 21.6. The molecule has 2 atom stereocenters. The Hall–Kier alpha value is -2.77. The fraction of sp³-hybridized carbons (Fsp3) is 0.208. The van der Waals surface area contributed by atoms with Crippen molar-refractivity contribution in [1.29, 1.82) is 0 Å². The minimum absolute atomic E-state index is 0.169. The Morgan fingerprint density at radius 1 is 1.00 bits per heavy atom. The topological polar surface area (TPSA) is 59.6 Å². The van der Waals surface area contributed by atoms with Crippen molar-refractivity contribution in [3.05, 3.63) is 80.1 Å². The Morgan fingerprint density at radius 3 is 2.61 bits per heavy atom. The van der Waals surface area contributed by atoms with E-state index < -0.39 is 0 Å². The van der Waals surface area contributed by atoms with Gasteiger partial charge in [-0.2, -0.15) is 0 Å². The van der Waals surface area contributed by atoms with Crippen LogP contribution in [-0.2, 0) is 4.79 Å². The van der Waals surface area contributed by atoms with E-state index in [1.54, 1.807) is 11.3 Å². The van der Waals surface area contributed by atoms with Gasteiger partial charge < -0.3 is 20.1 Å². The van der Waals surface area contributed by atoms with E-state index in [4.69, 9.17) is 9.47 Å². The summed E-state index contributed by atoms with van der Waals surface area (Å²) in [6.45, 7) is 0.211. The van der Waals surface area contributed by atoms with E-state index >= 15 is 0 Å². The van der Waals surface area contributed by atoms with Crippen molar-refractivity contribution in [1.82, 2.24) is 0 Å². The summed E-state index contributed by atoms with van der Waals surface area (Å²) in [6, 6.07) is 15.9. The number of anilines is 2. The summed E-state index contributed by atoms with van der Waals surface area (Å²) in [5.74, 6) is 1.78. The van der Waals surface area contributed by atoms with Crippen LogP contribution in [0.1, 0.15) is 35.2 Å². The van der Waals surface area contributed by atoms with Crippen LogP contribution in [0.3, 0.4) is 0 Å². The van der Waals surface area contributed by atoms with Gasteiger partial charge in [0.25, 0.3) is 0 Å². The monoisotopic (exact) mass is 494 g/mol. The molecule has 1 aliphatic carbocycles. The molecule has 31 heavy (non-hydrogen) atoms. The summed E-state index contributed by atoms with van der Waals surface area (Å²) in [4.78, 5) is 14.8. The molecule has 0 spiro atoms. The van der Waals surface area contributed by atoms with Gasteiger partial charge in [0.2, 0.25) is 6.79 Å². The van der Waals surface area contributed by atoms with Crippen LogP contribution in [0.15, 0.2) is 69.7 Å². The number of hydrogen-bond donors (Lipinski definition) is 2. The first-order valence-electron chi connectivity index (χ1n) is 10.2. The van der Waals surface area contributed by atoms with Gasteiger partial charge in [0, 0.05) is 33.0 Å². The molecular weight excluding hydrogens is 476 g/mol. The molecule has 0 amide bonds. The fourth-order valence-corrected chi connectivity index (χ4v) is 5.99. The molecule has 5 nitrogen and oxygen atoms in total. The van der Waals surface area contributed by atoms with Crippen LogP contribution in [0.25, 0.3) is 0 Å². The highest BCUT2D eigenvalue weighted by Gasteiger charge is 2.37. The van der Waals surface area contributed by atoms with E-state index in [9.17, 15) is 4.79 Å². The lowest BCUT2D eigenvalue weighted by atomic mass is 9.80. The van der Waals surface area contributed by atoms with Crippen molar-refractivity contribution in [2.45, 2.75) is 24.8 Å². The molecule has 2 aliphatic heterocycles. The van der Waals surface area contributed by atoms with E-state index in [1.165, 1.54) is 4.88 Å². The van der Waals surface area contributed by atoms with Crippen LogP contribution in [-0.4, -0.2) is 12.6 Å².